The maximum atomic E-state index is 13.7. The summed E-state index contributed by atoms with van der Waals surface area (Å²) in [5, 5.41) is 0.603. The fourth-order valence-corrected chi connectivity index (χ4v) is 6.83. The van der Waals surface area contributed by atoms with Crippen LogP contribution in [-0.2, 0) is 10.0 Å². The van der Waals surface area contributed by atoms with Crippen LogP contribution in [0.2, 0.25) is 0 Å². The van der Waals surface area contributed by atoms with Crippen molar-refractivity contribution >= 4 is 42.6 Å². The van der Waals surface area contributed by atoms with E-state index in [1.165, 1.54) is 15.6 Å². The van der Waals surface area contributed by atoms with Gasteiger partial charge in [0, 0.05) is 25.2 Å². The first-order chi connectivity index (χ1) is 17.3. The first-order valence-electron chi connectivity index (χ1n) is 12.4. The average Bonchev–Trinajstić information content (AvgIpc) is 3.32. The minimum absolute atomic E-state index is 0.201. The summed E-state index contributed by atoms with van der Waals surface area (Å²) in [4.78, 5) is 22.4. The van der Waals surface area contributed by atoms with Gasteiger partial charge in [-0.25, -0.2) is 13.4 Å². The first-order valence-corrected chi connectivity index (χ1v) is 14.7. The highest BCUT2D eigenvalue weighted by Gasteiger charge is 2.27. The molecular formula is C26H34N4O4S2. The number of hydrogen-bond donors (Lipinski definition) is 0. The van der Waals surface area contributed by atoms with Crippen LogP contribution in [0.3, 0.4) is 0 Å². The van der Waals surface area contributed by atoms with Crippen LogP contribution in [0.4, 0.5) is 5.13 Å². The fourth-order valence-electron chi connectivity index (χ4n) is 4.31. The lowest BCUT2D eigenvalue weighted by atomic mass is 10.2. The lowest BCUT2D eigenvalue weighted by molar-refractivity contribution is 0.0986. The van der Waals surface area contributed by atoms with E-state index in [9.17, 15) is 13.2 Å². The molecule has 2 heterocycles. The van der Waals surface area contributed by atoms with E-state index >= 15 is 0 Å². The summed E-state index contributed by atoms with van der Waals surface area (Å²) in [6.07, 6.45) is 3.59. The monoisotopic (exact) mass is 530 g/mol. The van der Waals surface area contributed by atoms with Gasteiger partial charge in [0.2, 0.25) is 10.0 Å². The predicted molar refractivity (Wildman–Crippen MR) is 145 cm³/mol. The number of carbonyl (C=O) groups is 1. The third kappa shape index (κ3) is 5.88. The van der Waals surface area contributed by atoms with Gasteiger partial charge < -0.3 is 9.64 Å². The second-order valence-corrected chi connectivity index (χ2v) is 12.1. The standard InChI is InChI=1S/C26H34N4O4S2/c1-4-34-22-10-8-11-23-24(22)27-26(35-23)30(19-9-16-28(2)3)25(31)20-12-14-21(15-13-20)36(32,33)29-17-6-5-7-18-29/h8,10-15H,4-7,9,16-19H2,1-3H3. The van der Waals surface area contributed by atoms with Crippen LogP contribution >= 0.6 is 11.3 Å². The lowest BCUT2D eigenvalue weighted by Gasteiger charge is -2.26. The van der Waals surface area contributed by atoms with Crippen LogP contribution in [0.1, 0.15) is 43.0 Å². The Labute approximate surface area is 217 Å². The number of nitrogens with zero attached hydrogens (tertiary/aromatic N) is 4. The molecule has 194 valence electrons. The number of ether oxygens (including phenoxy) is 1. The number of aromatic nitrogens is 1. The molecule has 1 aliphatic heterocycles. The molecule has 10 heteroatoms. The second-order valence-electron chi connectivity index (χ2n) is 9.14. The van der Waals surface area contributed by atoms with Crippen LogP contribution in [0.5, 0.6) is 5.75 Å². The topological polar surface area (TPSA) is 83.0 Å². The highest BCUT2D eigenvalue weighted by Crippen LogP contribution is 2.35. The number of anilines is 1. The van der Waals surface area contributed by atoms with E-state index in [0.717, 1.165) is 42.4 Å². The van der Waals surface area contributed by atoms with E-state index in [0.29, 0.717) is 42.7 Å². The number of benzene rings is 2. The molecule has 1 fully saturated rings. The average molecular weight is 531 g/mol. The maximum Gasteiger partial charge on any atom is 0.260 e. The van der Waals surface area contributed by atoms with Gasteiger partial charge in [0.1, 0.15) is 11.3 Å². The molecule has 1 saturated heterocycles. The zero-order valence-corrected chi connectivity index (χ0v) is 22.8. The van der Waals surface area contributed by atoms with Crippen molar-refractivity contribution in [2.45, 2.75) is 37.5 Å². The van der Waals surface area contributed by atoms with Gasteiger partial charge in [-0.15, -0.1) is 0 Å². The molecule has 1 aliphatic rings. The van der Waals surface area contributed by atoms with E-state index < -0.39 is 10.0 Å². The molecule has 0 spiro atoms. The van der Waals surface area contributed by atoms with Crippen molar-refractivity contribution in [2.24, 2.45) is 0 Å². The summed E-state index contributed by atoms with van der Waals surface area (Å²) in [5.41, 5.74) is 1.18. The Morgan fingerprint density at radius 2 is 1.78 bits per heavy atom. The van der Waals surface area contributed by atoms with E-state index in [1.54, 1.807) is 29.2 Å². The smallest absolute Gasteiger partial charge is 0.260 e. The van der Waals surface area contributed by atoms with Gasteiger partial charge in [-0.1, -0.05) is 23.8 Å². The van der Waals surface area contributed by atoms with E-state index in [2.05, 4.69) is 4.90 Å². The van der Waals surface area contributed by atoms with Gasteiger partial charge in [0.25, 0.3) is 5.91 Å². The van der Waals surface area contributed by atoms with E-state index in [4.69, 9.17) is 9.72 Å². The Balaban J connectivity index is 1.62. The highest BCUT2D eigenvalue weighted by atomic mass is 32.2. The molecule has 0 N–H and O–H groups in total. The third-order valence-corrected chi connectivity index (χ3v) is 9.14. The molecule has 36 heavy (non-hydrogen) atoms. The van der Waals surface area contributed by atoms with Gasteiger partial charge in [0.15, 0.2) is 5.13 Å². The number of sulfonamides is 1. The van der Waals surface area contributed by atoms with Gasteiger partial charge in [-0.05, 0) is 83.2 Å². The van der Waals surface area contributed by atoms with Crippen molar-refractivity contribution < 1.29 is 17.9 Å². The number of carbonyl (C=O) groups excluding carboxylic acids is 1. The molecule has 0 radical (unpaired) electrons. The minimum Gasteiger partial charge on any atom is -0.492 e. The highest BCUT2D eigenvalue weighted by molar-refractivity contribution is 7.89. The number of fused-ring (bicyclic) bond motifs is 1. The molecule has 0 saturated carbocycles. The Morgan fingerprint density at radius 1 is 1.06 bits per heavy atom. The summed E-state index contributed by atoms with van der Waals surface area (Å²) in [6, 6.07) is 12.1. The van der Waals surface area contributed by atoms with Crippen LogP contribution in [-0.4, -0.2) is 75.4 Å². The Morgan fingerprint density at radius 3 is 2.44 bits per heavy atom. The summed E-state index contributed by atoms with van der Waals surface area (Å²) < 4.78 is 34.3. The fraction of sp³-hybridized carbons (Fsp3) is 0.462. The van der Waals surface area contributed by atoms with Crippen molar-refractivity contribution in [3.8, 4) is 5.75 Å². The van der Waals surface area contributed by atoms with Gasteiger partial charge in [0.05, 0.1) is 16.2 Å². The molecular weight excluding hydrogens is 496 g/mol. The molecule has 0 aliphatic carbocycles. The molecule has 8 nitrogen and oxygen atoms in total. The van der Waals surface area contributed by atoms with Crippen molar-refractivity contribution in [1.29, 1.82) is 0 Å². The number of amides is 1. The second kappa shape index (κ2) is 11.7. The van der Waals surface area contributed by atoms with Gasteiger partial charge >= 0.3 is 0 Å². The van der Waals surface area contributed by atoms with Crippen molar-refractivity contribution in [2.75, 3.05) is 51.8 Å². The summed E-state index contributed by atoms with van der Waals surface area (Å²) in [5.74, 6) is 0.498. The molecule has 1 amide bonds. The Bertz CT molecular complexity index is 1280. The molecule has 0 bridgehead atoms. The van der Waals surface area contributed by atoms with Crippen molar-refractivity contribution in [3.63, 3.8) is 0 Å². The molecule has 0 atom stereocenters. The number of rotatable bonds is 10. The SMILES string of the molecule is CCOc1cccc2sc(N(CCCN(C)C)C(=O)c3ccc(S(=O)(=O)N4CCCCC4)cc3)nc12. The number of para-hydroxylation sites is 1. The van der Waals surface area contributed by atoms with Gasteiger partial charge in [-0.2, -0.15) is 4.31 Å². The quantitative estimate of drug-likeness (QED) is 0.385. The minimum atomic E-state index is -3.55. The van der Waals surface area contributed by atoms with Crippen LogP contribution < -0.4 is 9.64 Å². The van der Waals surface area contributed by atoms with Crippen molar-refractivity contribution in [3.05, 3.63) is 48.0 Å². The molecule has 3 aromatic rings. The van der Waals surface area contributed by atoms with Crippen molar-refractivity contribution in [1.82, 2.24) is 14.2 Å². The zero-order chi connectivity index (χ0) is 25.7. The predicted octanol–water partition coefficient (Wildman–Crippen LogP) is 4.47. The Kier molecular flexibility index (Phi) is 8.61. The molecule has 4 rings (SSSR count). The summed E-state index contributed by atoms with van der Waals surface area (Å²) >= 11 is 1.45. The van der Waals surface area contributed by atoms with Crippen LogP contribution in [0.25, 0.3) is 10.2 Å². The largest absolute Gasteiger partial charge is 0.492 e. The summed E-state index contributed by atoms with van der Waals surface area (Å²) in [7, 11) is 0.450. The summed E-state index contributed by atoms with van der Waals surface area (Å²) in [6.45, 7) is 4.87. The number of thiazole rings is 1. The normalized spacial score (nSPS) is 14.9. The lowest BCUT2D eigenvalue weighted by Crippen LogP contribution is -2.35. The van der Waals surface area contributed by atoms with Gasteiger partial charge in [-0.3, -0.25) is 9.69 Å². The van der Waals surface area contributed by atoms with E-state index in [1.807, 2.05) is 39.2 Å². The molecule has 1 aromatic heterocycles. The maximum absolute atomic E-state index is 13.7. The third-order valence-electron chi connectivity index (χ3n) is 6.19. The number of piperidine rings is 1. The van der Waals surface area contributed by atoms with Crippen LogP contribution in [0, 0.1) is 0 Å². The zero-order valence-electron chi connectivity index (χ0n) is 21.1. The van der Waals surface area contributed by atoms with E-state index in [-0.39, 0.29) is 10.8 Å². The number of hydrogen-bond acceptors (Lipinski definition) is 7. The van der Waals surface area contributed by atoms with Crippen LogP contribution in [0.15, 0.2) is 47.4 Å². The molecule has 0 unspecified atom stereocenters. The molecule has 2 aromatic carbocycles. The Hall–Kier alpha value is -2.53. The first kappa shape index (κ1) is 26.5.